The quantitative estimate of drug-likeness (QED) is 0.736. The smallest absolute Gasteiger partial charge is 0.409 e. The number of carbonyl (C=O) groups excluding carboxylic acids is 2. The maximum atomic E-state index is 12.9. The van der Waals surface area contributed by atoms with E-state index < -0.39 is 9.84 Å². The van der Waals surface area contributed by atoms with Gasteiger partial charge in [0.15, 0.2) is 15.0 Å². The van der Waals surface area contributed by atoms with Crippen LogP contribution in [0.15, 0.2) is 29.3 Å². The summed E-state index contributed by atoms with van der Waals surface area (Å²) in [6.45, 7) is 3.90. The fourth-order valence-electron chi connectivity index (χ4n) is 3.76. The van der Waals surface area contributed by atoms with Crippen molar-refractivity contribution in [2.24, 2.45) is 4.99 Å². The van der Waals surface area contributed by atoms with Gasteiger partial charge in [0, 0.05) is 42.7 Å². The van der Waals surface area contributed by atoms with Gasteiger partial charge in [-0.25, -0.2) is 13.2 Å². The van der Waals surface area contributed by atoms with Crippen molar-refractivity contribution in [1.29, 1.82) is 0 Å². The summed E-state index contributed by atoms with van der Waals surface area (Å²) >= 11 is 1.44. The van der Waals surface area contributed by atoms with Gasteiger partial charge in [-0.2, -0.15) is 0 Å². The number of piperazine rings is 1. The van der Waals surface area contributed by atoms with Gasteiger partial charge in [0.05, 0.1) is 24.2 Å². The minimum Gasteiger partial charge on any atom is -0.450 e. The Labute approximate surface area is 179 Å². The molecular weight excluding hydrogens is 428 g/mol. The van der Waals surface area contributed by atoms with Gasteiger partial charge >= 0.3 is 6.09 Å². The van der Waals surface area contributed by atoms with Crippen LogP contribution in [-0.2, 0) is 14.6 Å². The van der Waals surface area contributed by atoms with Gasteiger partial charge in [-0.05, 0) is 25.1 Å². The minimum absolute atomic E-state index is 0.0296. The largest absolute Gasteiger partial charge is 0.450 e. The number of hydrogen-bond donors (Lipinski definition) is 1. The number of aliphatic imine (C=N–C) groups is 1. The number of rotatable bonds is 3. The van der Waals surface area contributed by atoms with Crippen LogP contribution in [0.1, 0.15) is 17.3 Å². The number of anilines is 1. The topological polar surface area (TPSA) is 108 Å². The van der Waals surface area contributed by atoms with Crippen LogP contribution in [-0.4, -0.2) is 91.0 Å². The summed E-state index contributed by atoms with van der Waals surface area (Å²) in [4.78, 5) is 32.5. The molecular formula is C19H24N4O5S2. The van der Waals surface area contributed by atoms with Crippen LogP contribution >= 0.6 is 11.8 Å². The molecule has 0 unspecified atom stereocenters. The molecule has 0 saturated carbocycles. The van der Waals surface area contributed by atoms with Crippen molar-refractivity contribution >= 4 is 44.5 Å². The number of thioether (sulfide) groups is 1. The maximum Gasteiger partial charge on any atom is 0.409 e. The van der Waals surface area contributed by atoms with E-state index in [0.29, 0.717) is 43.5 Å². The van der Waals surface area contributed by atoms with Gasteiger partial charge in [-0.15, -0.1) is 0 Å². The van der Waals surface area contributed by atoms with Crippen LogP contribution in [0.2, 0.25) is 0 Å². The number of hydrogen-bond acceptors (Lipinski definition) is 8. The lowest BCUT2D eigenvalue weighted by Gasteiger charge is -2.34. The molecule has 30 heavy (non-hydrogen) atoms. The van der Waals surface area contributed by atoms with Gasteiger partial charge < -0.3 is 19.9 Å². The molecule has 162 valence electrons. The SMILES string of the molecule is CCOC(=O)N1CCN(C(=O)c2cccc(NC3=N[C@H]4CS(=O)(=O)C[C@@H]4S3)c2)CC1. The van der Waals surface area contributed by atoms with Crippen LogP contribution in [0.5, 0.6) is 0 Å². The number of nitrogens with one attached hydrogen (secondary N) is 1. The molecule has 1 aromatic carbocycles. The fourth-order valence-corrected chi connectivity index (χ4v) is 7.43. The van der Waals surface area contributed by atoms with Crippen molar-refractivity contribution in [3.63, 3.8) is 0 Å². The molecule has 4 rings (SSSR count). The maximum absolute atomic E-state index is 12.9. The monoisotopic (exact) mass is 452 g/mol. The van der Waals surface area contributed by atoms with Crippen LogP contribution in [0.25, 0.3) is 0 Å². The minimum atomic E-state index is -2.98. The Balaban J connectivity index is 1.36. The van der Waals surface area contributed by atoms with Crippen LogP contribution in [0.3, 0.4) is 0 Å². The predicted octanol–water partition coefficient (Wildman–Crippen LogP) is 1.28. The van der Waals surface area contributed by atoms with E-state index in [9.17, 15) is 18.0 Å². The molecule has 2 fully saturated rings. The second-order valence-electron chi connectivity index (χ2n) is 7.42. The van der Waals surface area contributed by atoms with Crippen molar-refractivity contribution in [3.05, 3.63) is 29.8 Å². The van der Waals surface area contributed by atoms with Crippen molar-refractivity contribution in [2.45, 2.75) is 18.2 Å². The van der Waals surface area contributed by atoms with E-state index in [2.05, 4.69) is 10.3 Å². The van der Waals surface area contributed by atoms with E-state index in [1.54, 1.807) is 34.9 Å². The Kier molecular flexibility index (Phi) is 5.92. The zero-order valence-corrected chi connectivity index (χ0v) is 18.2. The van der Waals surface area contributed by atoms with Gasteiger partial charge in [-0.3, -0.25) is 9.79 Å². The van der Waals surface area contributed by atoms with Crippen molar-refractivity contribution in [2.75, 3.05) is 49.6 Å². The molecule has 0 aromatic heterocycles. The third-order valence-electron chi connectivity index (χ3n) is 5.27. The third-order valence-corrected chi connectivity index (χ3v) is 8.41. The summed E-state index contributed by atoms with van der Waals surface area (Å²) in [5.41, 5.74) is 1.29. The number of amidine groups is 1. The molecule has 0 radical (unpaired) electrons. The normalized spacial score (nSPS) is 24.9. The van der Waals surface area contributed by atoms with E-state index in [1.807, 2.05) is 6.07 Å². The van der Waals surface area contributed by atoms with Gasteiger partial charge in [-0.1, -0.05) is 17.8 Å². The molecule has 0 aliphatic carbocycles. The highest BCUT2D eigenvalue weighted by atomic mass is 32.2. The third kappa shape index (κ3) is 4.56. The molecule has 2 saturated heterocycles. The molecule has 2 atom stereocenters. The summed E-state index contributed by atoms with van der Waals surface area (Å²) in [5, 5.41) is 3.87. The van der Waals surface area contributed by atoms with Crippen molar-refractivity contribution < 1.29 is 22.7 Å². The Bertz CT molecular complexity index is 973. The average molecular weight is 453 g/mol. The molecule has 11 heteroatoms. The number of sulfone groups is 1. The molecule has 0 spiro atoms. The first-order valence-corrected chi connectivity index (χ1v) is 12.6. The number of amides is 2. The molecule has 3 heterocycles. The molecule has 9 nitrogen and oxygen atoms in total. The summed E-state index contributed by atoms with van der Waals surface area (Å²) in [5.74, 6) is 0.172. The lowest BCUT2D eigenvalue weighted by atomic mass is 10.1. The first-order chi connectivity index (χ1) is 14.3. The lowest BCUT2D eigenvalue weighted by Crippen LogP contribution is -2.50. The highest BCUT2D eigenvalue weighted by molar-refractivity contribution is 8.15. The second-order valence-corrected chi connectivity index (χ2v) is 10.8. The predicted molar refractivity (Wildman–Crippen MR) is 116 cm³/mol. The second kappa shape index (κ2) is 8.46. The van der Waals surface area contributed by atoms with E-state index in [4.69, 9.17) is 4.74 Å². The van der Waals surface area contributed by atoms with Gasteiger partial charge in [0.2, 0.25) is 0 Å². The number of benzene rings is 1. The Morgan fingerprint density at radius 2 is 1.93 bits per heavy atom. The Morgan fingerprint density at radius 3 is 2.63 bits per heavy atom. The van der Waals surface area contributed by atoms with E-state index in [-0.39, 0.29) is 34.8 Å². The van der Waals surface area contributed by atoms with Gasteiger partial charge in [0.1, 0.15) is 0 Å². The Hall–Kier alpha value is -2.27. The van der Waals surface area contributed by atoms with Crippen molar-refractivity contribution in [1.82, 2.24) is 9.80 Å². The summed E-state index contributed by atoms with van der Waals surface area (Å²) in [6, 6.07) is 6.99. The lowest BCUT2D eigenvalue weighted by molar-refractivity contribution is 0.0570. The number of fused-ring (bicyclic) bond motifs is 1. The number of nitrogens with zero attached hydrogens (tertiary/aromatic N) is 3. The molecule has 1 aromatic rings. The zero-order valence-electron chi connectivity index (χ0n) is 16.6. The summed E-state index contributed by atoms with van der Waals surface area (Å²) in [6.07, 6.45) is -0.344. The van der Waals surface area contributed by atoms with Crippen molar-refractivity contribution in [3.8, 4) is 0 Å². The zero-order chi connectivity index (χ0) is 21.3. The average Bonchev–Trinajstić information content (AvgIpc) is 3.20. The standard InChI is InChI=1S/C19H24N4O5S2/c1-2-28-19(25)23-8-6-22(7-9-23)17(24)13-4-3-5-14(10-13)20-18-21-15-11-30(26,27)12-16(15)29-18/h3-5,10,15-16H,2,6-9,11-12H2,1H3,(H,20,21)/t15-,16-/m0/s1. The highest BCUT2D eigenvalue weighted by Crippen LogP contribution is 2.34. The van der Waals surface area contributed by atoms with E-state index in [0.717, 1.165) is 5.69 Å². The summed E-state index contributed by atoms with van der Waals surface area (Å²) in [7, 11) is -2.98. The van der Waals surface area contributed by atoms with Crippen LogP contribution in [0.4, 0.5) is 10.5 Å². The first kappa shape index (κ1) is 21.0. The molecule has 3 aliphatic heterocycles. The fraction of sp³-hybridized carbons (Fsp3) is 0.526. The molecule has 1 N–H and O–H groups in total. The highest BCUT2D eigenvalue weighted by Gasteiger charge is 2.42. The summed E-state index contributed by atoms with van der Waals surface area (Å²) < 4.78 is 28.4. The number of carbonyl (C=O) groups is 2. The first-order valence-electron chi connectivity index (χ1n) is 9.87. The van der Waals surface area contributed by atoms with Crippen LogP contribution < -0.4 is 5.32 Å². The van der Waals surface area contributed by atoms with E-state index >= 15 is 0 Å². The van der Waals surface area contributed by atoms with Crippen LogP contribution in [0, 0.1) is 0 Å². The van der Waals surface area contributed by atoms with Gasteiger partial charge in [0.25, 0.3) is 5.91 Å². The molecule has 0 bridgehead atoms. The van der Waals surface area contributed by atoms with E-state index in [1.165, 1.54) is 11.8 Å². The molecule has 2 amide bonds. The number of ether oxygens (including phenoxy) is 1. The molecule has 3 aliphatic rings. The Morgan fingerprint density at radius 1 is 1.20 bits per heavy atom.